The fraction of sp³-hybridized carbons (Fsp3) is 0. The fourth-order valence-corrected chi connectivity index (χ4v) is 5.70. The molecule has 1 aliphatic rings. The number of fused-ring (bicyclic) bond motifs is 9. The van der Waals surface area contributed by atoms with Crippen LogP contribution in [0.25, 0.3) is 49.3 Å². The van der Waals surface area contributed by atoms with Crippen molar-refractivity contribution in [3.05, 3.63) is 109 Å². The second kappa shape index (κ2) is 6.05. The van der Waals surface area contributed by atoms with Crippen LogP contribution in [0.1, 0.15) is 0 Å². The summed E-state index contributed by atoms with van der Waals surface area (Å²) < 4.78 is 2.44. The topological polar surface area (TPSA) is 24.0 Å². The van der Waals surface area contributed by atoms with Gasteiger partial charge < -0.3 is 14.5 Å². The number of para-hydroxylation sites is 5. The van der Waals surface area contributed by atoms with Gasteiger partial charge in [-0.25, -0.2) is 0 Å². The van der Waals surface area contributed by atoms with Crippen LogP contribution in [-0.2, 0) is 0 Å². The second-order valence-electron chi connectivity index (χ2n) is 8.72. The summed E-state index contributed by atoms with van der Waals surface area (Å²) in [5, 5.41) is 5.08. The van der Waals surface area contributed by atoms with Gasteiger partial charge in [0.15, 0.2) is 0 Å². The van der Waals surface area contributed by atoms with Gasteiger partial charge in [-0.05, 0) is 42.5 Å². The molecule has 0 fully saturated rings. The normalized spacial score (nSPS) is 12.8. The molecule has 0 amide bonds. The van der Waals surface area contributed by atoms with Gasteiger partial charge in [0.25, 0.3) is 0 Å². The molecule has 0 radical (unpaired) electrons. The first-order chi connectivity index (χ1) is 16.4. The monoisotopic (exact) mass is 421 g/mol. The van der Waals surface area contributed by atoms with Crippen molar-refractivity contribution in [3.8, 4) is 5.69 Å². The quantitative estimate of drug-likeness (QED) is 0.284. The van der Waals surface area contributed by atoms with Gasteiger partial charge in [0.2, 0.25) is 0 Å². The third kappa shape index (κ3) is 2.09. The number of aromatic amines is 1. The lowest BCUT2D eigenvalue weighted by Crippen LogP contribution is -2.18. The predicted octanol–water partition coefficient (Wildman–Crippen LogP) is 8.20. The highest BCUT2D eigenvalue weighted by molar-refractivity contribution is 6.29. The summed E-state index contributed by atoms with van der Waals surface area (Å²) in [7, 11) is 0. The molecule has 8 rings (SSSR count). The van der Waals surface area contributed by atoms with Crippen LogP contribution in [0.2, 0.25) is 0 Å². The van der Waals surface area contributed by atoms with Crippen molar-refractivity contribution in [2.24, 2.45) is 0 Å². The van der Waals surface area contributed by atoms with Crippen LogP contribution in [-0.4, -0.2) is 9.55 Å². The summed E-state index contributed by atoms with van der Waals surface area (Å²) >= 11 is 0. The molecule has 0 bridgehead atoms. The molecule has 7 aromatic rings. The maximum atomic E-state index is 3.75. The molecule has 1 N–H and O–H groups in total. The Kier molecular flexibility index (Phi) is 3.14. The van der Waals surface area contributed by atoms with E-state index in [0.29, 0.717) is 0 Å². The lowest BCUT2D eigenvalue weighted by atomic mass is 10.0. The lowest BCUT2D eigenvalue weighted by molar-refractivity contribution is 1.11. The van der Waals surface area contributed by atoms with E-state index in [0.717, 1.165) is 0 Å². The van der Waals surface area contributed by atoms with Crippen LogP contribution in [0.15, 0.2) is 109 Å². The Morgan fingerprint density at radius 3 is 2.12 bits per heavy atom. The SMILES string of the molecule is c1ccc(N2c3ccccc3-n3c4ccccc4c4c5[nH]c6ccccc6c5cc2c43)cc1. The van der Waals surface area contributed by atoms with Crippen molar-refractivity contribution >= 4 is 60.7 Å². The number of benzene rings is 5. The van der Waals surface area contributed by atoms with Gasteiger partial charge in [0, 0.05) is 32.7 Å². The highest BCUT2D eigenvalue weighted by atomic mass is 15.2. The average Bonchev–Trinajstić information content (AvgIpc) is 3.42. The first-order valence-electron chi connectivity index (χ1n) is 11.3. The Bertz CT molecular complexity index is 1870. The maximum Gasteiger partial charge on any atom is 0.0804 e. The molecular weight excluding hydrogens is 402 g/mol. The second-order valence-corrected chi connectivity index (χ2v) is 8.72. The molecule has 0 spiro atoms. The van der Waals surface area contributed by atoms with E-state index in [9.17, 15) is 0 Å². The number of H-pyrrole nitrogens is 1. The van der Waals surface area contributed by atoms with Crippen LogP contribution >= 0.6 is 0 Å². The molecule has 3 heteroatoms. The molecule has 3 heterocycles. The summed E-state index contributed by atoms with van der Waals surface area (Å²) in [6, 6.07) is 39.2. The van der Waals surface area contributed by atoms with Gasteiger partial charge in [0.05, 0.1) is 33.6 Å². The van der Waals surface area contributed by atoms with Crippen molar-refractivity contribution < 1.29 is 0 Å². The lowest BCUT2D eigenvalue weighted by Gasteiger charge is -2.33. The van der Waals surface area contributed by atoms with Gasteiger partial charge in [0.1, 0.15) is 0 Å². The van der Waals surface area contributed by atoms with E-state index in [1.54, 1.807) is 0 Å². The summed E-state index contributed by atoms with van der Waals surface area (Å²) in [4.78, 5) is 6.16. The molecule has 2 aromatic heterocycles. The summed E-state index contributed by atoms with van der Waals surface area (Å²) in [5.74, 6) is 0. The van der Waals surface area contributed by atoms with Crippen molar-refractivity contribution in [3.63, 3.8) is 0 Å². The Morgan fingerprint density at radius 1 is 0.545 bits per heavy atom. The first-order valence-corrected chi connectivity index (χ1v) is 11.3. The molecule has 5 aromatic carbocycles. The molecule has 154 valence electrons. The molecule has 3 nitrogen and oxygen atoms in total. The standard InChI is InChI=1S/C30H19N3/c1-2-10-19(11-3-1)32-25-16-8-9-17-26(25)33-24-15-7-5-13-21(24)28-29-22(18-27(32)30(28)33)20-12-4-6-14-23(20)31-29/h1-18,31H. The molecule has 0 unspecified atom stereocenters. The van der Waals surface area contributed by atoms with E-state index in [-0.39, 0.29) is 0 Å². The van der Waals surface area contributed by atoms with Crippen molar-refractivity contribution in [1.82, 2.24) is 9.55 Å². The Morgan fingerprint density at radius 2 is 1.24 bits per heavy atom. The molecule has 33 heavy (non-hydrogen) atoms. The van der Waals surface area contributed by atoms with Crippen LogP contribution in [0.3, 0.4) is 0 Å². The van der Waals surface area contributed by atoms with Crippen molar-refractivity contribution in [1.29, 1.82) is 0 Å². The number of hydrogen-bond acceptors (Lipinski definition) is 1. The minimum absolute atomic E-state index is 1.17. The number of nitrogens with one attached hydrogen (secondary N) is 1. The fourth-order valence-electron chi connectivity index (χ4n) is 5.70. The number of anilines is 3. The van der Waals surface area contributed by atoms with E-state index >= 15 is 0 Å². The number of nitrogens with zero attached hydrogens (tertiary/aromatic N) is 2. The van der Waals surface area contributed by atoms with Crippen molar-refractivity contribution in [2.75, 3.05) is 4.90 Å². The van der Waals surface area contributed by atoms with Crippen LogP contribution < -0.4 is 4.90 Å². The van der Waals surface area contributed by atoms with Crippen LogP contribution in [0.4, 0.5) is 17.1 Å². The Balaban J connectivity index is 1.68. The van der Waals surface area contributed by atoms with Crippen LogP contribution in [0, 0.1) is 0 Å². The molecule has 0 saturated heterocycles. The average molecular weight is 422 g/mol. The molecule has 0 atom stereocenters. The summed E-state index contributed by atoms with van der Waals surface area (Å²) in [5.41, 5.74) is 9.64. The van der Waals surface area contributed by atoms with Gasteiger partial charge in [-0.3, -0.25) is 0 Å². The molecular formula is C30H19N3. The van der Waals surface area contributed by atoms with Crippen molar-refractivity contribution in [2.45, 2.75) is 0 Å². The van der Waals surface area contributed by atoms with E-state index < -0.39 is 0 Å². The number of hydrogen-bond donors (Lipinski definition) is 1. The van der Waals surface area contributed by atoms with E-state index in [1.807, 2.05) is 0 Å². The number of rotatable bonds is 1. The highest BCUT2D eigenvalue weighted by Crippen LogP contribution is 2.52. The highest BCUT2D eigenvalue weighted by Gasteiger charge is 2.30. The third-order valence-corrected chi connectivity index (χ3v) is 7.01. The minimum atomic E-state index is 1.17. The zero-order valence-corrected chi connectivity index (χ0v) is 17.8. The summed E-state index contributed by atoms with van der Waals surface area (Å²) in [6.07, 6.45) is 0. The molecule has 1 aliphatic heterocycles. The Hall–Kier alpha value is -4.50. The smallest absolute Gasteiger partial charge is 0.0804 e. The van der Waals surface area contributed by atoms with E-state index in [2.05, 4.69) is 124 Å². The molecule has 0 saturated carbocycles. The zero-order chi connectivity index (χ0) is 21.5. The third-order valence-electron chi connectivity index (χ3n) is 7.01. The Labute approximate surface area is 190 Å². The largest absolute Gasteiger partial charge is 0.354 e. The zero-order valence-electron chi connectivity index (χ0n) is 17.8. The van der Waals surface area contributed by atoms with E-state index in [1.165, 1.54) is 66.4 Å². The number of aromatic nitrogens is 2. The van der Waals surface area contributed by atoms with Gasteiger partial charge in [-0.2, -0.15) is 0 Å². The summed E-state index contributed by atoms with van der Waals surface area (Å²) in [6.45, 7) is 0. The minimum Gasteiger partial charge on any atom is -0.354 e. The maximum absolute atomic E-state index is 3.75. The van der Waals surface area contributed by atoms with Crippen LogP contribution in [0.5, 0.6) is 0 Å². The van der Waals surface area contributed by atoms with Gasteiger partial charge in [-0.15, -0.1) is 0 Å². The van der Waals surface area contributed by atoms with Gasteiger partial charge >= 0.3 is 0 Å². The van der Waals surface area contributed by atoms with E-state index in [4.69, 9.17) is 0 Å². The predicted molar refractivity (Wildman–Crippen MR) is 138 cm³/mol. The first kappa shape index (κ1) is 17.1. The van der Waals surface area contributed by atoms with Gasteiger partial charge in [-0.1, -0.05) is 66.7 Å². The molecule has 0 aliphatic carbocycles.